The Balaban J connectivity index is 3.42. The molecule has 0 unspecified atom stereocenters. The van der Waals surface area contributed by atoms with E-state index >= 15 is 0 Å². The summed E-state index contributed by atoms with van der Waals surface area (Å²) in [5.41, 5.74) is 0. The molecular formula is C10H20N2O5. The van der Waals surface area contributed by atoms with E-state index in [-0.39, 0.29) is 19.6 Å². The van der Waals surface area contributed by atoms with Crippen LogP contribution in [0.5, 0.6) is 0 Å². The molecule has 17 heavy (non-hydrogen) atoms. The van der Waals surface area contributed by atoms with E-state index < -0.39 is 18.0 Å². The molecular weight excluding hydrogens is 228 g/mol. The van der Waals surface area contributed by atoms with Crippen molar-refractivity contribution in [3.8, 4) is 0 Å². The van der Waals surface area contributed by atoms with Crippen molar-refractivity contribution in [1.82, 2.24) is 10.6 Å². The van der Waals surface area contributed by atoms with Crippen molar-refractivity contribution in [1.29, 1.82) is 0 Å². The van der Waals surface area contributed by atoms with Gasteiger partial charge in [0.05, 0.1) is 19.3 Å². The van der Waals surface area contributed by atoms with Crippen LogP contribution >= 0.6 is 0 Å². The minimum absolute atomic E-state index is 0.142. The Morgan fingerprint density at radius 1 is 1.06 bits per heavy atom. The molecule has 0 aromatic rings. The zero-order valence-corrected chi connectivity index (χ0v) is 9.69. The van der Waals surface area contributed by atoms with Gasteiger partial charge in [0.2, 0.25) is 0 Å². The van der Waals surface area contributed by atoms with Crippen molar-refractivity contribution in [3.05, 3.63) is 0 Å². The number of carboxylic acids is 1. The monoisotopic (exact) mass is 248 g/mol. The molecule has 5 N–H and O–H groups in total. The molecule has 0 bridgehead atoms. The molecule has 0 radical (unpaired) electrons. The second-order valence-electron chi connectivity index (χ2n) is 3.67. The second kappa shape index (κ2) is 9.86. The number of urea groups is 1. The number of nitrogens with one attached hydrogen (secondary N) is 2. The highest BCUT2D eigenvalue weighted by molar-refractivity contribution is 5.74. The fraction of sp³-hybridized carbons (Fsp3) is 0.800. The predicted molar refractivity (Wildman–Crippen MR) is 60.6 cm³/mol. The van der Waals surface area contributed by atoms with Crippen molar-refractivity contribution in [3.63, 3.8) is 0 Å². The lowest BCUT2D eigenvalue weighted by atomic mass is 10.2. The summed E-state index contributed by atoms with van der Waals surface area (Å²) in [6, 6.07) is -1.10. The van der Waals surface area contributed by atoms with Crippen LogP contribution in [0.1, 0.15) is 25.7 Å². The molecule has 0 aliphatic carbocycles. The highest BCUT2D eigenvalue weighted by atomic mass is 16.4. The van der Waals surface area contributed by atoms with E-state index in [1.165, 1.54) is 0 Å². The molecule has 0 saturated carbocycles. The second-order valence-corrected chi connectivity index (χ2v) is 3.67. The summed E-state index contributed by atoms with van der Waals surface area (Å²) in [6.45, 7) is -0.194. The molecule has 0 saturated heterocycles. The first kappa shape index (κ1) is 15.7. The van der Waals surface area contributed by atoms with E-state index in [1.807, 2.05) is 0 Å². The Morgan fingerprint density at radius 2 is 1.71 bits per heavy atom. The Hall–Kier alpha value is -1.34. The van der Waals surface area contributed by atoms with Gasteiger partial charge in [0, 0.05) is 13.0 Å². The van der Waals surface area contributed by atoms with Crippen molar-refractivity contribution in [2.24, 2.45) is 0 Å². The van der Waals surface area contributed by atoms with E-state index in [2.05, 4.69) is 10.6 Å². The normalized spacial score (nSPS) is 10.3. The first-order valence-electron chi connectivity index (χ1n) is 5.58. The summed E-state index contributed by atoms with van der Waals surface area (Å²) in [5.74, 6) is -0.815. The molecule has 2 amide bonds. The zero-order chi connectivity index (χ0) is 13.1. The van der Waals surface area contributed by atoms with Crippen molar-refractivity contribution in [2.45, 2.75) is 31.7 Å². The smallest absolute Gasteiger partial charge is 0.315 e. The minimum atomic E-state index is -0.815. The topological polar surface area (TPSA) is 119 Å². The Morgan fingerprint density at radius 3 is 2.24 bits per heavy atom. The molecule has 0 atom stereocenters. The summed E-state index contributed by atoms with van der Waals surface area (Å²) in [7, 11) is 0. The predicted octanol–water partition coefficient (Wildman–Crippen LogP) is -0.716. The number of unbranched alkanes of at least 4 members (excludes halogenated alkanes) is 2. The van der Waals surface area contributed by atoms with Crippen molar-refractivity contribution in [2.75, 3.05) is 19.8 Å². The molecule has 0 aromatic carbocycles. The van der Waals surface area contributed by atoms with Crippen LogP contribution in [-0.4, -0.2) is 53.1 Å². The molecule has 7 heteroatoms. The number of carboxylic acid groups (broad SMARTS) is 1. The number of hydrogen-bond acceptors (Lipinski definition) is 4. The first-order chi connectivity index (χ1) is 8.10. The third-order valence-electron chi connectivity index (χ3n) is 2.13. The maximum atomic E-state index is 11.2. The van der Waals surface area contributed by atoms with Crippen LogP contribution in [0.4, 0.5) is 4.79 Å². The molecule has 0 fully saturated rings. The molecule has 0 rings (SSSR count). The number of hydrogen-bond donors (Lipinski definition) is 5. The zero-order valence-electron chi connectivity index (χ0n) is 9.69. The lowest BCUT2D eigenvalue weighted by molar-refractivity contribution is -0.137. The summed E-state index contributed by atoms with van der Waals surface area (Å²) < 4.78 is 0. The number of aliphatic hydroxyl groups is 2. The summed E-state index contributed by atoms with van der Waals surface area (Å²) >= 11 is 0. The lowest BCUT2D eigenvalue weighted by Gasteiger charge is -2.13. The summed E-state index contributed by atoms with van der Waals surface area (Å²) in [6.07, 6.45) is 2.16. The number of carbonyl (C=O) groups is 2. The van der Waals surface area contributed by atoms with E-state index in [0.717, 1.165) is 6.42 Å². The van der Waals surface area contributed by atoms with Gasteiger partial charge >= 0.3 is 12.0 Å². The summed E-state index contributed by atoms with van der Waals surface area (Å²) in [5, 5.41) is 30.7. The van der Waals surface area contributed by atoms with E-state index in [9.17, 15) is 9.59 Å². The summed E-state index contributed by atoms with van der Waals surface area (Å²) in [4.78, 5) is 21.4. The van der Waals surface area contributed by atoms with E-state index in [4.69, 9.17) is 15.3 Å². The third-order valence-corrected chi connectivity index (χ3v) is 2.13. The standard InChI is InChI=1S/C10H20N2O5/c13-6-8(7-14)12-10(17)11-5-3-1-2-4-9(15)16/h8,13-14H,1-7H2,(H,15,16)(H2,11,12,17). The molecule has 0 aliphatic heterocycles. The van der Waals surface area contributed by atoms with Gasteiger partial charge in [-0.3, -0.25) is 4.79 Å². The van der Waals surface area contributed by atoms with E-state index in [0.29, 0.717) is 19.4 Å². The highest BCUT2D eigenvalue weighted by Crippen LogP contribution is 1.98. The Bertz CT molecular complexity index is 231. The highest BCUT2D eigenvalue weighted by Gasteiger charge is 2.08. The number of carbonyl (C=O) groups excluding carboxylic acids is 1. The van der Waals surface area contributed by atoms with Gasteiger partial charge in [-0.15, -0.1) is 0 Å². The average Bonchev–Trinajstić information content (AvgIpc) is 2.30. The average molecular weight is 248 g/mol. The minimum Gasteiger partial charge on any atom is -0.481 e. The maximum Gasteiger partial charge on any atom is 0.315 e. The number of amides is 2. The van der Waals surface area contributed by atoms with Crippen molar-refractivity contribution < 1.29 is 24.9 Å². The van der Waals surface area contributed by atoms with Gasteiger partial charge in [-0.1, -0.05) is 6.42 Å². The van der Waals surface area contributed by atoms with Gasteiger partial charge in [0.25, 0.3) is 0 Å². The van der Waals surface area contributed by atoms with Crippen LogP contribution in [0.3, 0.4) is 0 Å². The molecule has 0 aromatic heterocycles. The van der Waals surface area contributed by atoms with Gasteiger partial charge in [-0.25, -0.2) is 4.79 Å². The number of aliphatic hydroxyl groups excluding tert-OH is 2. The van der Waals surface area contributed by atoms with Crippen LogP contribution < -0.4 is 10.6 Å². The quantitative estimate of drug-likeness (QED) is 0.345. The molecule has 0 aliphatic rings. The molecule has 0 heterocycles. The lowest BCUT2D eigenvalue weighted by Crippen LogP contribution is -2.45. The van der Waals surface area contributed by atoms with Gasteiger partial charge in [0.1, 0.15) is 0 Å². The van der Waals surface area contributed by atoms with Crippen LogP contribution in [0.15, 0.2) is 0 Å². The Kier molecular flexibility index (Phi) is 9.08. The number of rotatable bonds is 9. The third kappa shape index (κ3) is 9.58. The van der Waals surface area contributed by atoms with E-state index in [1.54, 1.807) is 0 Å². The number of aliphatic carboxylic acids is 1. The van der Waals surface area contributed by atoms with Gasteiger partial charge < -0.3 is 26.0 Å². The SMILES string of the molecule is O=C(O)CCCCCNC(=O)NC(CO)CO. The molecule has 7 nitrogen and oxygen atoms in total. The first-order valence-corrected chi connectivity index (χ1v) is 5.58. The Labute approximate surface area is 99.8 Å². The van der Waals surface area contributed by atoms with Crippen molar-refractivity contribution >= 4 is 12.0 Å². The van der Waals surface area contributed by atoms with Gasteiger partial charge in [0.15, 0.2) is 0 Å². The van der Waals surface area contributed by atoms with Gasteiger partial charge in [-0.05, 0) is 12.8 Å². The largest absolute Gasteiger partial charge is 0.481 e. The fourth-order valence-corrected chi connectivity index (χ4v) is 1.17. The van der Waals surface area contributed by atoms with Crippen LogP contribution in [0.25, 0.3) is 0 Å². The van der Waals surface area contributed by atoms with Crippen LogP contribution in [0, 0.1) is 0 Å². The molecule has 0 spiro atoms. The maximum absolute atomic E-state index is 11.2. The van der Waals surface area contributed by atoms with Crippen LogP contribution in [-0.2, 0) is 4.79 Å². The fourth-order valence-electron chi connectivity index (χ4n) is 1.17. The van der Waals surface area contributed by atoms with Gasteiger partial charge in [-0.2, -0.15) is 0 Å². The van der Waals surface area contributed by atoms with Crippen LogP contribution in [0.2, 0.25) is 0 Å². The molecule has 100 valence electrons.